The Morgan fingerprint density at radius 1 is 1.37 bits per heavy atom. The predicted molar refractivity (Wildman–Crippen MR) is 71.9 cm³/mol. The number of methoxy groups -OCH3 is 1. The maximum absolute atomic E-state index is 5.15. The number of hydrogen-bond acceptors (Lipinski definition) is 5. The van der Waals surface area contributed by atoms with E-state index in [1.165, 1.54) is 6.33 Å². The smallest absolute Gasteiger partial charge is 0.216 e. The molecule has 0 spiro atoms. The van der Waals surface area contributed by atoms with Crippen LogP contribution >= 0.6 is 0 Å². The Kier molecular flexibility index (Phi) is 4.46. The Morgan fingerprint density at radius 2 is 2.21 bits per heavy atom. The molecule has 0 aliphatic heterocycles. The van der Waals surface area contributed by atoms with Crippen molar-refractivity contribution < 1.29 is 4.74 Å². The second-order valence-electron chi connectivity index (χ2n) is 4.29. The lowest BCUT2D eigenvalue weighted by molar-refractivity contribution is 0.394. The van der Waals surface area contributed by atoms with Crippen molar-refractivity contribution in [1.82, 2.24) is 25.1 Å². The molecule has 0 radical (unpaired) electrons. The van der Waals surface area contributed by atoms with E-state index in [1.807, 2.05) is 25.4 Å². The van der Waals surface area contributed by atoms with Crippen molar-refractivity contribution in [1.29, 1.82) is 0 Å². The minimum absolute atomic E-state index is 0.0435. The van der Waals surface area contributed by atoms with Gasteiger partial charge in [0.15, 0.2) is 0 Å². The highest BCUT2D eigenvalue weighted by Gasteiger charge is 2.18. The molecular formula is C13H19N5O. The summed E-state index contributed by atoms with van der Waals surface area (Å²) in [6.07, 6.45) is 4.48. The molecule has 0 aliphatic rings. The second-order valence-corrected chi connectivity index (χ2v) is 4.29. The van der Waals surface area contributed by atoms with Gasteiger partial charge in [0, 0.05) is 19.3 Å². The molecule has 0 bridgehead atoms. The first-order valence-electron chi connectivity index (χ1n) is 6.33. The summed E-state index contributed by atoms with van der Waals surface area (Å²) in [7, 11) is 3.50. The van der Waals surface area contributed by atoms with Gasteiger partial charge < -0.3 is 10.1 Å². The Balaban J connectivity index is 2.30. The normalized spacial score (nSPS) is 12.4. The van der Waals surface area contributed by atoms with Crippen LogP contribution in [0.25, 0.3) is 0 Å². The molecule has 6 nitrogen and oxygen atoms in total. The molecule has 1 N–H and O–H groups in total. The van der Waals surface area contributed by atoms with Gasteiger partial charge >= 0.3 is 0 Å². The highest BCUT2D eigenvalue weighted by atomic mass is 16.5. The SMILES string of the molecule is CCCNC(c1cc(OC)ncn1)c1ccn(C)n1. The number of rotatable bonds is 6. The van der Waals surface area contributed by atoms with Crippen molar-refractivity contribution in [2.45, 2.75) is 19.4 Å². The van der Waals surface area contributed by atoms with E-state index in [0.717, 1.165) is 24.4 Å². The van der Waals surface area contributed by atoms with E-state index in [1.54, 1.807) is 11.8 Å². The van der Waals surface area contributed by atoms with Gasteiger partial charge in [-0.25, -0.2) is 9.97 Å². The maximum Gasteiger partial charge on any atom is 0.216 e. The summed E-state index contributed by atoms with van der Waals surface area (Å²) in [5, 5.41) is 7.89. The molecule has 0 aromatic carbocycles. The van der Waals surface area contributed by atoms with Crippen LogP contribution in [0, 0.1) is 0 Å². The van der Waals surface area contributed by atoms with Gasteiger partial charge in [0.25, 0.3) is 0 Å². The lowest BCUT2D eigenvalue weighted by Gasteiger charge is -2.16. The summed E-state index contributed by atoms with van der Waals surface area (Å²) in [6.45, 7) is 3.02. The van der Waals surface area contributed by atoms with Crippen molar-refractivity contribution in [3.05, 3.63) is 36.0 Å². The first-order chi connectivity index (χ1) is 9.24. The van der Waals surface area contributed by atoms with Crippen molar-refractivity contribution in [2.75, 3.05) is 13.7 Å². The molecule has 6 heteroatoms. The number of hydrogen-bond donors (Lipinski definition) is 1. The predicted octanol–water partition coefficient (Wildman–Crippen LogP) is 1.31. The Morgan fingerprint density at radius 3 is 2.84 bits per heavy atom. The zero-order chi connectivity index (χ0) is 13.7. The molecule has 0 aliphatic carbocycles. The van der Waals surface area contributed by atoms with Gasteiger partial charge in [0.1, 0.15) is 6.33 Å². The quantitative estimate of drug-likeness (QED) is 0.849. The van der Waals surface area contributed by atoms with E-state index < -0.39 is 0 Å². The van der Waals surface area contributed by atoms with Gasteiger partial charge in [0.2, 0.25) is 5.88 Å². The van der Waals surface area contributed by atoms with E-state index in [4.69, 9.17) is 4.74 Å². The topological polar surface area (TPSA) is 64.9 Å². The Labute approximate surface area is 112 Å². The van der Waals surface area contributed by atoms with Gasteiger partial charge in [-0.05, 0) is 19.0 Å². The van der Waals surface area contributed by atoms with E-state index in [9.17, 15) is 0 Å². The molecule has 2 aromatic rings. The van der Waals surface area contributed by atoms with Crippen LogP contribution in [0.15, 0.2) is 24.7 Å². The van der Waals surface area contributed by atoms with Crippen LogP contribution in [-0.4, -0.2) is 33.4 Å². The molecule has 19 heavy (non-hydrogen) atoms. The first-order valence-corrected chi connectivity index (χ1v) is 6.33. The molecule has 2 heterocycles. The largest absolute Gasteiger partial charge is 0.481 e. The van der Waals surface area contributed by atoms with Gasteiger partial charge in [-0.2, -0.15) is 5.10 Å². The van der Waals surface area contributed by atoms with Gasteiger partial charge in [-0.3, -0.25) is 4.68 Å². The van der Waals surface area contributed by atoms with E-state index in [2.05, 4.69) is 27.3 Å². The van der Waals surface area contributed by atoms with Crippen LogP contribution < -0.4 is 10.1 Å². The molecule has 0 amide bonds. The molecule has 2 rings (SSSR count). The standard InChI is InChI=1S/C13H19N5O/c1-4-6-14-13(10-5-7-18(2)17-10)11-8-12(19-3)16-9-15-11/h5,7-9,13-14H,4,6H2,1-3H3. The maximum atomic E-state index is 5.15. The molecule has 1 atom stereocenters. The summed E-state index contributed by atoms with van der Waals surface area (Å²) < 4.78 is 6.93. The average molecular weight is 261 g/mol. The van der Waals surface area contributed by atoms with E-state index in [0.29, 0.717) is 5.88 Å². The fourth-order valence-corrected chi connectivity index (χ4v) is 1.86. The summed E-state index contributed by atoms with van der Waals surface area (Å²) in [6, 6.07) is 3.78. The molecule has 0 saturated carbocycles. The molecule has 1 unspecified atom stereocenters. The molecule has 2 aromatic heterocycles. The van der Waals surface area contributed by atoms with Gasteiger partial charge in [-0.15, -0.1) is 0 Å². The molecule has 0 fully saturated rings. The summed E-state index contributed by atoms with van der Waals surface area (Å²) in [5.41, 5.74) is 1.80. The molecular weight excluding hydrogens is 242 g/mol. The molecule has 102 valence electrons. The number of ether oxygens (including phenoxy) is 1. The zero-order valence-corrected chi connectivity index (χ0v) is 11.5. The van der Waals surface area contributed by atoms with Gasteiger partial charge in [-0.1, -0.05) is 6.92 Å². The van der Waals surface area contributed by atoms with Crippen LogP contribution in [-0.2, 0) is 7.05 Å². The number of nitrogens with one attached hydrogen (secondary N) is 1. The monoisotopic (exact) mass is 261 g/mol. The van der Waals surface area contributed by atoms with Crippen LogP contribution in [0.1, 0.15) is 30.8 Å². The third-order valence-corrected chi connectivity index (χ3v) is 2.80. The minimum Gasteiger partial charge on any atom is -0.481 e. The Bertz CT molecular complexity index is 525. The van der Waals surface area contributed by atoms with Crippen LogP contribution in [0.5, 0.6) is 5.88 Å². The number of aromatic nitrogens is 4. The Hall–Kier alpha value is -1.95. The minimum atomic E-state index is -0.0435. The van der Waals surface area contributed by atoms with Gasteiger partial charge in [0.05, 0.1) is 24.5 Å². The highest BCUT2D eigenvalue weighted by molar-refractivity contribution is 5.24. The van der Waals surface area contributed by atoms with Crippen LogP contribution in [0.3, 0.4) is 0 Å². The van der Waals surface area contributed by atoms with Crippen LogP contribution in [0.4, 0.5) is 0 Å². The lowest BCUT2D eigenvalue weighted by atomic mass is 10.1. The lowest BCUT2D eigenvalue weighted by Crippen LogP contribution is -2.24. The summed E-state index contributed by atoms with van der Waals surface area (Å²) in [5.74, 6) is 0.559. The van der Waals surface area contributed by atoms with Crippen molar-refractivity contribution in [3.8, 4) is 5.88 Å². The summed E-state index contributed by atoms with van der Waals surface area (Å²) >= 11 is 0. The average Bonchev–Trinajstić information content (AvgIpc) is 2.86. The number of aryl methyl sites for hydroxylation is 1. The fourth-order valence-electron chi connectivity index (χ4n) is 1.86. The van der Waals surface area contributed by atoms with E-state index >= 15 is 0 Å². The van der Waals surface area contributed by atoms with E-state index in [-0.39, 0.29) is 6.04 Å². The second kappa shape index (κ2) is 6.29. The molecule has 0 saturated heterocycles. The zero-order valence-electron chi connectivity index (χ0n) is 11.5. The number of nitrogens with zero attached hydrogens (tertiary/aromatic N) is 4. The first kappa shape index (κ1) is 13.5. The third-order valence-electron chi connectivity index (χ3n) is 2.80. The highest BCUT2D eigenvalue weighted by Crippen LogP contribution is 2.20. The third kappa shape index (κ3) is 3.29. The van der Waals surface area contributed by atoms with Crippen molar-refractivity contribution >= 4 is 0 Å². The van der Waals surface area contributed by atoms with Crippen molar-refractivity contribution in [3.63, 3.8) is 0 Å². The fraction of sp³-hybridized carbons (Fsp3) is 0.462. The summed E-state index contributed by atoms with van der Waals surface area (Å²) in [4.78, 5) is 8.36. The van der Waals surface area contributed by atoms with Crippen molar-refractivity contribution in [2.24, 2.45) is 7.05 Å². The van der Waals surface area contributed by atoms with Crippen LogP contribution in [0.2, 0.25) is 0 Å².